The largest absolute Gasteiger partial charge is 0.326 e. The molecule has 0 aromatic heterocycles. The van der Waals surface area contributed by atoms with Gasteiger partial charge in [0.2, 0.25) is 11.8 Å². The molecule has 22 heavy (non-hydrogen) atoms. The normalized spacial score (nSPS) is 16.0. The highest BCUT2D eigenvalue weighted by Crippen LogP contribution is 2.35. The lowest BCUT2D eigenvalue weighted by molar-refractivity contribution is -0.118. The van der Waals surface area contributed by atoms with E-state index in [-0.39, 0.29) is 24.2 Å². The van der Waals surface area contributed by atoms with Crippen molar-refractivity contribution in [3.63, 3.8) is 0 Å². The summed E-state index contributed by atoms with van der Waals surface area (Å²) in [7, 11) is 0. The van der Waals surface area contributed by atoms with Crippen LogP contribution in [0.1, 0.15) is 24.3 Å². The molecule has 5 heteroatoms. The molecule has 2 aromatic rings. The van der Waals surface area contributed by atoms with Crippen LogP contribution in [0.5, 0.6) is 0 Å². The van der Waals surface area contributed by atoms with E-state index >= 15 is 0 Å². The number of para-hydroxylation sites is 1. The van der Waals surface area contributed by atoms with Crippen LogP contribution in [0.3, 0.4) is 0 Å². The molecule has 4 nitrogen and oxygen atoms in total. The number of fused-ring (bicyclic) bond motifs is 1. The van der Waals surface area contributed by atoms with Crippen molar-refractivity contribution in [3.05, 3.63) is 59.1 Å². The van der Waals surface area contributed by atoms with Gasteiger partial charge in [-0.05, 0) is 42.3 Å². The molecule has 0 spiro atoms. The Morgan fingerprint density at radius 2 is 1.86 bits per heavy atom. The molecule has 0 radical (unpaired) electrons. The molecule has 0 aliphatic carbocycles. The molecule has 2 aromatic carbocycles. The summed E-state index contributed by atoms with van der Waals surface area (Å²) in [6, 6.07) is 14.5. The minimum atomic E-state index is -0.257. The van der Waals surface area contributed by atoms with E-state index < -0.39 is 0 Å². The van der Waals surface area contributed by atoms with Gasteiger partial charge in [0, 0.05) is 22.8 Å². The lowest BCUT2D eigenvalue weighted by Gasteiger charge is -2.09. The Hall–Kier alpha value is -2.33. The van der Waals surface area contributed by atoms with Crippen LogP contribution in [-0.2, 0) is 9.59 Å². The van der Waals surface area contributed by atoms with Gasteiger partial charge in [-0.2, -0.15) is 0 Å². The van der Waals surface area contributed by atoms with Crippen molar-refractivity contribution in [3.8, 4) is 0 Å². The minimum absolute atomic E-state index is 0.0412. The number of rotatable bonds is 4. The van der Waals surface area contributed by atoms with Crippen LogP contribution in [0.4, 0.5) is 11.4 Å². The molecule has 0 saturated carbocycles. The predicted molar refractivity (Wildman–Crippen MR) is 87.1 cm³/mol. The summed E-state index contributed by atoms with van der Waals surface area (Å²) >= 11 is 5.80. The Labute approximate surface area is 133 Å². The highest BCUT2D eigenvalue weighted by Gasteiger charge is 2.30. The van der Waals surface area contributed by atoms with E-state index in [1.807, 2.05) is 24.3 Å². The maximum absolute atomic E-state index is 12.0. The summed E-state index contributed by atoms with van der Waals surface area (Å²) in [5.41, 5.74) is 2.51. The van der Waals surface area contributed by atoms with E-state index in [2.05, 4.69) is 10.6 Å². The summed E-state index contributed by atoms with van der Waals surface area (Å²) in [6.45, 7) is 0. The van der Waals surface area contributed by atoms with E-state index in [1.54, 1.807) is 24.3 Å². The molecule has 1 atom stereocenters. The minimum Gasteiger partial charge on any atom is -0.326 e. The van der Waals surface area contributed by atoms with Crippen LogP contribution in [0.15, 0.2) is 48.5 Å². The Bertz CT molecular complexity index is 713. The van der Waals surface area contributed by atoms with Crippen molar-refractivity contribution < 1.29 is 9.59 Å². The highest BCUT2D eigenvalue weighted by molar-refractivity contribution is 6.30. The first kappa shape index (κ1) is 14.6. The first-order chi connectivity index (χ1) is 10.6. The Kier molecular flexibility index (Phi) is 4.11. The summed E-state index contributed by atoms with van der Waals surface area (Å²) in [6.07, 6.45) is 0.775. The predicted octanol–water partition coefficient (Wildman–Crippen LogP) is 3.79. The van der Waals surface area contributed by atoms with Gasteiger partial charge in [0.1, 0.15) is 0 Å². The van der Waals surface area contributed by atoms with E-state index in [9.17, 15) is 9.59 Å². The van der Waals surface area contributed by atoms with Crippen LogP contribution in [0, 0.1) is 0 Å². The van der Waals surface area contributed by atoms with Gasteiger partial charge in [-0.3, -0.25) is 9.59 Å². The van der Waals surface area contributed by atoms with Crippen LogP contribution < -0.4 is 10.6 Å². The molecule has 1 heterocycles. The average Bonchev–Trinajstić information content (AvgIpc) is 2.83. The third-order valence-corrected chi connectivity index (χ3v) is 3.95. The third kappa shape index (κ3) is 3.12. The smallest absolute Gasteiger partial charge is 0.232 e. The lowest BCUT2D eigenvalue weighted by Crippen LogP contribution is -2.16. The molecule has 3 rings (SSSR count). The molecular weight excluding hydrogens is 300 g/mol. The number of anilines is 2. The van der Waals surface area contributed by atoms with E-state index in [1.165, 1.54) is 0 Å². The van der Waals surface area contributed by atoms with Gasteiger partial charge in [-0.1, -0.05) is 29.8 Å². The number of nitrogens with one attached hydrogen (secondary N) is 2. The highest BCUT2D eigenvalue weighted by atomic mass is 35.5. The van der Waals surface area contributed by atoms with Crippen LogP contribution >= 0.6 is 11.6 Å². The number of carbonyl (C=O) groups excluding carboxylic acids is 2. The maximum atomic E-state index is 12.0. The van der Waals surface area contributed by atoms with Crippen molar-refractivity contribution >= 4 is 34.8 Å². The first-order valence-corrected chi connectivity index (χ1v) is 7.46. The molecule has 1 unspecified atom stereocenters. The Morgan fingerprint density at radius 1 is 1.14 bits per heavy atom. The fraction of sp³-hybridized carbons (Fsp3) is 0.176. The van der Waals surface area contributed by atoms with Gasteiger partial charge < -0.3 is 10.6 Å². The van der Waals surface area contributed by atoms with E-state index in [4.69, 9.17) is 11.6 Å². The zero-order valence-corrected chi connectivity index (χ0v) is 12.6. The standard InChI is InChI=1S/C17H15ClN2O2/c18-11-5-7-12(8-6-11)19-16(21)10-9-14-13-3-1-2-4-15(13)20-17(14)22/h1-8,14H,9-10H2,(H,19,21)(H,20,22). The monoisotopic (exact) mass is 314 g/mol. The molecule has 1 aliphatic heterocycles. The quantitative estimate of drug-likeness (QED) is 0.902. The van der Waals surface area contributed by atoms with Crippen molar-refractivity contribution in [1.82, 2.24) is 0 Å². The van der Waals surface area contributed by atoms with Crippen molar-refractivity contribution in [2.24, 2.45) is 0 Å². The summed E-state index contributed by atoms with van der Waals surface area (Å²) in [5, 5.41) is 6.27. The van der Waals surface area contributed by atoms with Crippen LogP contribution in [-0.4, -0.2) is 11.8 Å². The molecular formula is C17H15ClN2O2. The summed E-state index contributed by atoms with van der Waals surface area (Å²) in [5.74, 6) is -0.410. The van der Waals surface area contributed by atoms with E-state index in [0.717, 1.165) is 11.3 Å². The van der Waals surface area contributed by atoms with Gasteiger partial charge >= 0.3 is 0 Å². The number of benzene rings is 2. The lowest BCUT2D eigenvalue weighted by atomic mass is 9.95. The van der Waals surface area contributed by atoms with Crippen molar-refractivity contribution in [1.29, 1.82) is 0 Å². The number of hydrogen-bond donors (Lipinski definition) is 2. The second-order valence-corrected chi connectivity index (χ2v) is 5.66. The zero-order valence-electron chi connectivity index (χ0n) is 11.8. The summed E-state index contributed by atoms with van der Waals surface area (Å²) < 4.78 is 0. The molecule has 2 amide bonds. The zero-order chi connectivity index (χ0) is 15.5. The summed E-state index contributed by atoms with van der Waals surface area (Å²) in [4.78, 5) is 24.0. The van der Waals surface area contributed by atoms with Gasteiger partial charge in [0.25, 0.3) is 0 Å². The van der Waals surface area contributed by atoms with Gasteiger partial charge in [-0.15, -0.1) is 0 Å². The van der Waals surface area contributed by atoms with Crippen LogP contribution in [0.2, 0.25) is 5.02 Å². The van der Waals surface area contributed by atoms with Gasteiger partial charge in [0.05, 0.1) is 5.92 Å². The number of halogens is 1. The average molecular weight is 315 g/mol. The SMILES string of the molecule is O=C(CCC1C(=O)Nc2ccccc21)Nc1ccc(Cl)cc1. The Morgan fingerprint density at radius 3 is 2.64 bits per heavy atom. The first-order valence-electron chi connectivity index (χ1n) is 7.09. The Balaban J connectivity index is 1.59. The number of amides is 2. The second-order valence-electron chi connectivity index (χ2n) is 5.22. The molecule has 2 N–H and O–H groups in total. The molecule has 0 saturated heterocycles. The van der Waals surface area contributed by atoms with Crippen molar-refractivity contribution in [2.75, 3.05) is 10.6 Å². The third-order valence-electron chi connectivity index (χ3n) is 3.70. The maximum Gasteiger partial charge on any atom is 0.232 e. The number of hydrogen-bond acceptors (Lipinski definition) is 2. The van der Waals surface area contributed by atoms with Gasteiger partial charge in [0.15, 0.2) is 0 Å². The van der Waals surface area contributed by atoms with E-state index in [0.29, 0.717) is 17.1 Å². The molecule has 0 bridgehead atoms. The number of carbonyl (C=O) groups is 2. The topological polar surface area (TPSA) is 58.2 Å². The second kappa shape index (κ2) is 6.20. The fourth-order valence-corrected chi connectivity index (χ4v) is 2.72. The van der Waals surface area contributed by atoms with Crippen LogP contribution in [0.25, 0.3) is 0 Å². The fourth-order valence-electron chi connectivity index (χ4n) is 2.59. The molecule has 112 valence electrons. The van der Waals surface area contributed by atoms with Crippen molar-refractivity contribution in [2.45, 2.75) is 18.8 Å². The molecule has 1 aliphatic rings. The molecule has 0 fully saturated rings. The van der Waals surface area contributed by atoms with Gasteiger partial charge in [-0.25, -0.2) is 0 Å².